The monoisotopic (exact) mass is 382 g/mol. The molecule has 0 spiro atoms. The summed E-state index contributed by atoms with van der Waals surface area (Å²) in [6.07, 6.45) is 2.28. The number of hydrogen-bond donors (Lipinski definition) is 2. The second kappa shape index (κ2) is 7.50. The van der Waals surface area contributed by atoms with Gasteiger partial charge in [0.1, 0.15) is 0 Å². The van der Waals surface area contributed by atoms with Gasteiger partial charge < -0.3 is 15.6 Å². The molecule has 1 atom stereocenters. The Kier molecular flexibility index (Phi) is 4.92. The van der Waals surface area contributed by atoms with E-state index in [1.807, 2.05) is 18.2 Å². The fraction of sp³-hybridized carbons (Fsp3) is 0.250. The molecule has 3 N–H and O–H groups in total. The first kappa shape index (κ1) is 17.7. The summed E-state index contributed by atoms with van der Waals surface area (Å²) in [5.41, 5.74) is 7.87. The van der Waals surface area contributed by atoms with Crippen molar-refractivity contribution < 1.29 is 9.32 Å². The number of halogens is 1. The predicted octanol–water partition coefficient (Wildman–Crippen LogP) is 3.52. The second-order valence-corrected chi connectivity index (χ2v) is 7.13. The highest BCUT2D eigenvalue weighted by Crippen LogP contribution is 2.31. The summed E-state index contributed by atoms with van der Waals surface area (Å²) in [6, 6.07) is 14.3. The van der Waals surface area contributed by atoms with Crippen LogP contribution in [0.5, 0.6) is 0 Å². The Bertz CT molecular complexity index is 968. The van der Waals surface area contributed by atoms with Gasteiger partial charge in [-0.1, -0.05) is 41.0 Å². The minimum absolute atomic E-state index is 0.000974. The fourth-order valence-electron chi connectivity index (χ4n) is 2.94. The van der Waals surface area contributed by atoms with Gasteiger partial charge >= 0.3 is 0 Å². The van der Waals surface area contributed by atoms with Gasteiger partial charge in [0.05, 0.1) is 11.1 Å². The maximum atomic E-state index is 12.6. The molecule has 7 heteroatoms. The van der Waals surface area contributed by atoms with Crippen LogP contribution in [0.15, 0.2) is 53.1 Å². The molecule has 1 aliphatic carbocycles. The number of nitrogens with two attached hydrogens (primary N) is 1. The van der Waals surface area contributed by atoms with Gasteiger partial charge in [0.25, 0.3) is 11.8 Å². The van der Waals surface area contributed by atoms with Crippen LogP contribution in [0.2, 0.25) is 5.02 Å². The van der Waals surface area contributed by atoms with E-state index in [9.17, 15) is 4.79 Å². The molecule has 2 aromatic carbocycles. The standard InChI is InChI=1S/C20H19ClN4O2/c21-14-5-3-4-13(10-14)18-24-20(27-25-18)16-7-2-1-6-15(16)19(26)23-11-17(22)12-8-9-12/h1-7,10,12,17H,8-9,11,22H2,(H,23,26). The first-order valence-electron chi connectivity index (χ1n) is 8.84. The molecule has 1 saturated carbocycles. The number of aromatic nitrogens is 2. The van der Waals surface area contributed by atoms with Crippen molar-refractivity contribution in [2.45, 2.75) is 18.9 Å². The molecule has 0 saturated heterocycles. The SMILES string of the molecule is NC(CNC(=O)c1ccccc1-c1nc(-c2cccc(Cl)c2)no1)C1CC1. The summed E-state index contributed by atoms with van der Waals surface area (Å²) in [6.45, 7) is 0.454. The molecule has 0 radical (unpaired) electrons. The molecule has 27 heavy (non-hydrogen) atoms. The second-order valence-electron chi connectivity index (χ2n) is 6.69. The minimum Gasteiger partial charge on any atom is -0.350 e. The van der Waals surface area contributed by atoms with E-state index in [4.69, 9.17) is 21.9 Å². The predicted molar refractivity (Wildman–Crippen MR) is 103 cm³/mol. The van der Waals surface area contributed by atoms with E-state index in [0.717, 1.165) is 18.4 Å². The van der Waals surface area contributed by atoms with E-state index in [2.05, 4.69) is 15.5 Å². The summed E-state index contributed by atoms with van der Waals surface area (Å²) in [7, 11) is 0. The molecule has 0 bridgehead atoms. The molecular weight excluding hydrogens is 364 g/mol. The van der Waals surface area contributed by atoms with E-state index in [-0.39, 0.29) is 17.8 Å². The molecule has 6 nitrogen and oxygen atoms in total. The van der Waals surface area contributed by atoms with Gasteiger partial charge in [-0.25, -0.2) is 0 Å². The fourth-order valence-corrected chi connectivity index (χ4v) is 3.13. The van der Waals surface area contributed by atoms with Crippen LogP contribution in [-0.2, 0) is 0 Å². The van der Waals surface area contributed by atoms with Crippen molar-refractivity contribution >= 4 is 17.5 Å². The van der Waals surface area contributed by atoms with Crippen molar-refractivity contribution in [2.75, 3.05) is 6.54 Å². The number of carbonyl (C=O) groups excluding carboxylic acids is 1. The Hall–Kier alpha value is -2.70. The average molecular weight is 383 g/mol. The summed E-state index contributed by atoms with van der Waals surface area (Å²) in [4.78, 5) is 17.1. The van der Waals surface area contributed by atoms with Crippen LogP contribution in [0.25, 0.3) is 22.8 Å². The van der Waals surface area contributed by atoms with E-state index in [0.29, 0.717) is 34.4 Å². The van der Waals surface area contributed by atoms with Crippen molar-refractivity contribution in [3.8, 4) is 22.8 Å². The van der Waals surface area contributed by atoms with Crippen molar-refractivity contribution in [1.82, 2.24) is 15.5 Å². The topological polar surface area (TPSA) is 94.0 Å². The normalized spacial score (nSPS) is 14.7. The summed E-state index contributed by atoms with van der Waals surface area (Å²) < 4.78 is 5.40. The van der Waals surface area contributed by atoms with Crippen molar-refractivity contribution in [2.24, 2.45) is 11.7 Å². The summed E-state index contributed by atoms with van der Waals surface area (Å²) >= 11 is 6.02. The summed E-state index contributed by atoms with van der Waals surface area (Å²) in [5, 5.41) is 7.51. The number of benzene rings is 2. The van der Waals surface area contributed by atoms with Crippen molar-refractivity contribution in [3.63, 3.8) is 0 Å². The lowest BCUT2D eigenvalue weighted by Crippen LogP contribution is -2.38. The zero-order chi connectivity index (χ0) is 18.8. The Balaban J connectivity index is 1.56. The maximum Gasteiger partial charge on any atom is 0.259 e. The van der Waals surface area contributed by atoms with Crippen LogP contribution in [0.3, 0.4) is 0 Å². The van der Waals surface area contributed by atoms with Gasteiger partial charge in [-0.05, 0) is 43.0 Å². The van der Waals surface area contributed by atoms with Crippen LogP contribution in [0.4, 0.5) is 0 Å². The molecule has 1 unspecified atom stereocenters. The zero-order valence-corrected chi connectivity index (χ0v) is 15.3. The third kappa shape index (κ3) is 4.02. The minimum atomic E-state index is -0.204. The van der Waals surface area contributed by atoms with E-state index in [1.54, 1.807) is 30.3 Å². The third-order valence-electron chi connectivity index (χ3n) is 4.64. The molecule has 1 aromatic heterocycles. The highest BCUT2D eigenvalue weighted by molar-refractivity contribution is 6.30. The molecule has 1 amide bonds. The average Bonchev–Trinajstić information content (AvgIpc) is 3.42. The number of nitrogens with zero attached hydrogens (tertiary/aromatic N) is 2. The number of rotatable bonds is 6. The largest absolute Gasteiger partial charge is 0.350 e. The van der Waals surface area contributed by atoms with Gasteiger partial charge in [0, 0.05) is 23.2 Å². The highest BCUT2D eigenvalue weighted by Gasteiger charge is 2.28. The van der Waals surface area contributed by atoms with Gasteiger partial charge in [-0.15, -0.1) is 0 Å². The van der Waals surface area contributed by atoms with Crippen LogP contribution >= 0.6 is 11.6 Å². The molecule has 138 valence electrons. The first-order chi connectivity index (χ1) is 13.1. The van der Waals surface area contributed by atoms with Crippen LogP contribution in [0.1, 0.15) is 23.2 Å². The van der Waals surface area contributed by atoms with Gasteiger partial charge in [-0.2, -0.15) is 4.98 Å². The molecule has 1 fully saturated rings. The molecule has 3 aromatic rings. The van der Waals surface area contributed by atoms with Crippen molar-refractivity contribution in [3.05, 3.63) is 59.1 Å². The van der Waals surface area contributed by atoms with Crippen LogP contribution in [0, 0.1) is 5.92 Å². The molecular formula is C20H19ClN4O2. The van der Waals surface area contributed by atoms with Gasteiger partial charge in [0.15, 0.2) is 0 Å². The Morgan fingerprint density at radius 3 is 2.85 bits per heavy atom. The van der Waals surface area contributed by atoms with E-state index >= 15 is 0 Å². The van der Waals surface area contributed by atoms with Crippen molar-refractivity contribution in [1.29, 1.82) is 0 Å². The zero-order valence-electron chi connectivity index (χ0n) is 14.6. The van der Waals surface area contributed by atoms with E-state index in [1.165, 1.54) is 0 Å². The molecule has 1 aliphatic rings. The molecule has 4 rings (SSSR count). The van der Waals surface area contributed by atoms with Crippen LogP contribution in [-0.4, -0.2) is 28.6 Å². The first-order valence-corrected chi connectivity index (χ1v) is 9.22. The quantitative estimate of drug-likeness (QED) is 0.680. The van der Waals surface area contributed by atoms with Crippen LogP contribution < -0.4 is 11.1 Å². The lowest BCUT2D eigenvalue weighted by atomic mass is 10.1. The lowest BCUT2D eigenvalue weighted by Gasteiger charge is -2.12. The smallest absolute Gasteiger partial charge is 0.259 e. The third-order valence-corrected chi connectivity index (χ3v) is 4.87. The summed E-state index contributed by atoms with van der Waals surface area (Å²) in [5.74, 6) is 1.02. The lowest BCUT2D eigenvalue weighted by molar-refractivity contribution is 0.0950. The Morgan fingerprint density at radius 2 is 2.07 bits per heavy atom. The number of nitrogens with one attached hydrogen (secondary N) is 1. The number of hydrogen-bond acceptors (Lipinski definition) is 5. The maximum absolute atomic E-state index is 12.6. The van der Waals surface area contributed by atoms with Gasteiger partial charge in [-0.3, -0.25) is 4.79 Å². The Morgan fingerprint density at radius 1 is 1.26 bits per heavy atom. The molecule has 1 heterocycles. The van der Waals surface area contributed by atoms with Gasteiger partial charge in [0.2, 0.25) is 5.82 Å². The van der Waals surface area contributed by atoms with E-state index < -0.39 is 0 Å². The number of amides is 1. The Labute approximate surface area is 161 Å². The number of carbonyl (C=O) groups is 1. The molecule has 0 aliphatic heterocycles. The highest BCUT2D eigenvalue weighted by atomic mass is 35.5.